The standard InChI is InChI=1S/C25H21N3O3/c1-26-15-21(19-7-3-5-9-23(19)26)18(13-11-17-12-14-25(31-17)28(29)30)22-16-27(2)24-10-6-4-8-20(22)24/h3-16,18H,1-2H3. The van der Waals surface area contributed by atoms with Crippen molar-refractivity contribution in [1.29, 1.82) is 0 Å². The van der Waals surface area contributed by atoms with Gasteiger partial charge in [-0.25, -0.2) is 0 Å². The summed E-state index contributed by atoms with van der Waals surface area (Å²) >= 11 is 0. The fourth-order valence-corrected chi connectivity index (χ4v) is 4.34. The summed E-state index contributed by atoms with van der Waals surface area (Å²) in [6.45, 7) is 0. The quantitative estimate of drug-likeness (QED) is 0.262. The van der Waals surface area contributed by atoms with Gasteiger partial charge in [0.05, 0.1) is 6.07 Å². The molecular formula is C25H21N3O3. The zero-order valence-corrected chi connectivity index (χ0v) is 17.2. The molecule has 3 aromatic heterocycles. The van der Waals surface area contributed by atoms with E-state index in [4.69, 9.17) is 4.42 Å². The molecule has 0 saturated heterocycles. The molecule has 6 heteroatoms. The fraction of sp³-hybridized carbons (Fsp3) is 0.120. The van der Waals surface area contributed by atoms with Gasteiger partial charge in [0.15, 0.2) is 0 Å². The minimum atomic E-state index is -0.524. The number of nitro groups is 1. The van der Waals surface area contributed by atoms with Gasteiger partial charge in [0.1, 0.15) is 10.7 Å². The number of furan rings is 1. The molecule has 0 saturated carbocycles. The number of hydrogen-bond donors (Lipinski definition) is 0. The van der Waals surface area contributed by atoms with Crippen molar-refractivity contribution in [3.05, 3.63) is 106 Å². The molecule has 0 atom stereocenters. The highest BCUT2D eigenvalue weighted by Gasteiger charge is 2.21. The SMILES string of the molecule is Cn1cc(C(C=Cc2ccc([N+](=O)[O-])o2)c2cn(C)c3ccccc23)c2ccccc21. The molecule has 0 amide bonds. The maximum atomic E-state index is 11.0. The van der Waals surface area contributed by atoms with E-state index in [0.29, 0.717) is 5.76 Å². The Labute approximate surface area is 178 Å². The lowest BCUT2D eigenvalue weighted by molar-refractivity contribution is -0.402. The van der Waals surface area contributed by atoms with Gasteiger partial charge in [0.25, 0.3) is 0 Å². The second-order valence-electron chi connectivity index (χ2n) is 7.69. The Bertz CT molecular complexity index is 1370. The molecule has 5 aromatic rings. The van der Waals surface area contributed by atoms with Crippen LogP contribution in [0.5, 0.6) is 0 Å². The number of para-hydroxylation sites is 2. The molecule has 0 aliphatic carbocycles. The maximum absolute atomic E-state index is 11.0. The molecule has 0 spiro atoms. The van der Waals surface area contributed by atoms with Crippen molar-refractivity contribution >= 4 is 33.8 Å². The first kappa shape index (κ1) is 18.9. The van der Waals surface area contributed by atoms with Crippen LogP contribution in [0.4, 0.5) is 5.88 Å². The second kappa shape index (κ2) is 7.32. The van der Waals surface area contributed by atoms with Crippen molar-refractivity contribution in [3.8, 4) is 0 Å². The fourth-order valence-electron chi connectivity index (χ4n) is 4.34. The Kier molecular flexibility index (Phi) is 4.47. The Balaban J connectivity index is 1.70. The van der Waals surface area contributed by atoms with E-state index in [2.05, 4.69) is 51.9 Å². The van der Waals surface area contributed by atoms with Crippen molar-refractivity contribution in [2.45, 2.75) is 5.92 Å². The third-order valence-corrected chi connectivity index (χ3v) is 5.77. The van der Waals surface area contributed by atoms with Gasteiger partial charge in [-0.1, -0.05) is 42.5 Å². The summed E-state index contributed by atoms with van der Waals surface area (Å²) in [5.74, 6) is 0.144. The first-order valence-corrected chi connectivity index (χ1v) is 10.0. The van der Waals surface area contributed by atoms with Crippen molar-refractivity contribution in [3.63, 3.8) is 0 Å². The third kappa shape index (κ3) is 3.22. The molecule has 2 aromatic carbocycles. The van der Waals surface area contributed by atoms with E-state index in [1.54, 1.807) is 6.07 Å². The summed E-state index contributed by atoms with van der Waals surface area (Å²) in [4.78, 5) is 10.5. The number of allylic oxidation sites excluding steroid dienone is 1. The Morgan fingerprint density at radius 2 is 1.42 bits per heavy atom. The van der Waals surface area contributed by atoms with Gasteiger partial charge in [-0.15, -0.1) is 0 Å². The van der Waals surface area contributed by atoms with E-state index >= 15 is 0 Å². The average Bonchev–Trinajstić information content (AvgIpc) is 3.47. The third-order valence-electron chi connectivity index (χ3n) is 5.77. The summed E-state index contributed by atoms with van der Waals surface area (Å²) in [5, 5.41) is 13.3. The maximum Gasteiger partial charge on any atom is 0.433 e. The topological polar surface area (TPSA) is 66.1 Å². The number of rotatable bonds is 5. The minimum absolute atomic E-state index is 0.0543. The number of aromatic nitrogens is 2. The summed E-state index contributed by atoms with van der Waals surface area (Å²) in [6.07, 6.45) is 8.20. The molecule has 154 valence electrons. The Morgan fingerprint density at radius 3 is 1.94 bits per heavy atom. The van der Waals surface area contributed by atoms with Crippen molar-refractivity contribution in [1.82, 2.24) is 9.13 Å². The number of benzene rings is 2. The van der Waals surface area contributed by atoms with Crippen LogP contribution >= 0.6 is 0 Å². The lowest BCUT2D eigenvalue weighted by atomic mass is 9.90. The predicted octanol–water partition coefficient (Wildman–Crippen LogP) is 6.02. The largest absolute Gasteiger partial charge is 0.433 e. The summed E-state index contributed by atoms with van der Waals surface area (Å²) in [7, 11) is 4.09. The minimum Gasteiger partial charge on any atom is -0.401 e. The van der Waals surface area contributed by atoms with Crippen LogP contribution in [0.1, 0.15) is 22.8 Å². The summed E-state index contributed by atoms with van der Waals surface area (Å²) < 4.78 is 9.62. The van der Waals surface area contributed by atoms with Gasteiger partial charge in [-0.05, 0) is 35.4 Å². The van der Waals surface area contributed by atoms with E-state index in [1.807, 2.05) is 44.4 Å². The van der Waals surface area contributed by atoms with Gasteiger partial charge in [0.2, 0.25) is 0 Å². The van der Waals surface area contributed by atoms with Crippen LogP contribution in [0.3, 0.4) is 0 Å². The highest BCUT2D eigenvalue weighted by molar-refractivity contribution is 5.89. The molecule has 0 aliphatic rings. The molecule has 31 heavy (non-hydrogen) atoms. The second-order valence-corrected chi connectivity index (χ2v) is 7.69. The normalized spacial score (nSPS) is 12.0. The van der Waals surface area contributed by atoms with E-state index in [9.17, 15) is 10.1 Å². The first-order valence-electron chi connectivity index (χ1n) is 10.0. The smallest absolute Gasteiger partial charge is 0.401 e. The summed E-state index contributed by atoms with van der Waals surface area (Å²) in [6, 6.07) is 19.7. The first-order chi connectivity index (χ1) is 15.0. The number of nitrogens with zero attached hydrogens (tertiary/aromatic N) is 3. The van der Waals surface area contributed by atoms with Crippen LogP contribution in [0.25, 0.3) is 27.9 Å². The zero-order valence-electron chi connectivity index (χ0n) is 17.2. The Morgan fingerprint density at radius 1 is 0.871 bits per heavy atom. The predicted molar refractivity (Wildman–Crippen MR) is 122 cm³/mol. The van der Waals surface area contributed by atoms with E-state index in [0.717, 1.165) is 11.0 Å². The highest BCUT2D eigenvalue weighted by Crippen LogP contribution is 2.37. The molecule has 0 fully saturated rings. The van der Waals surface area contributed by atoms with Crippen LogP contribution in [-0.2, 0) is 14.1 Å². The van der Waals surface area contributed by atoms with Crippen LogP contribution < -0.4 is 0 Å². The molecule has 0 unspecified atom stereocenters. The molecule has 0 radical (unpaired) electrons. The van der Waals surface area contributed by atoms with Gasteiger partial charge in [-0.3, -0.25) is 10.1 Å². The van der Waals surface area contributed by atoms with Crippen molar-refractivity contribution < 1.29 is 9.34 Å². The molecular weight excluding hydrogens is 390 g/mol. The lowest BCUT2D eigenvalue weighted by Crippen LogP contribution is -1.97. The van der Waals surface area contributed by atoms with Crippen LogP contribution in [0.15, 0.2) is 83.6 Å². The number of hydrogen-bond acceptors (Lipinski definition) is 3. The number of fused-ring (bicyclic) bond motifs is 2. The Hall–Kier alpha value is -4.06. The molecule has 0 N–H and O–H groups in total. The van der Waals surface area contributed by atoms with Crippen molar-refractivity contribution in [2.24, 2.45) is 14.1 Å². The van der Waals surface area contributed by atoms with Crippen LogP contribution in [-0.4, -0.2) is 14.1 Å². The van der Waals surface area contributed by atoms with Gasteiger partial charge in [0, 0.05) is 54.2 Å². The average molecular weight is 411 g/mol. The van der Waals surface area contributed by atoms with Gasteiger partial charge < -0.3 is 13.6 Å². The molecule has 5 rings (SSSR count). The van der Waals surface area contributed by atoms with Gasteiger partial charge in [-0.2, -0.15) is 0 Å². The summed E-state index contributed by atoms with van der Waals surface area (Å²) in [5.41, 5.74) is 4.66. The van der Waals surface area contributed by atoms with E-state index < -0.39 is 4.92 Å². The molecule has 6 nitrogen and oxygen atoms in total. The van der Waals surface area contributed by atoms with Crippen LogP contribution in [0.2, 0.25) is 0 Å². The number of aryl methyl sites for hydroxylation is 2. The molecule has 3 heterocycles. The zero-order chi connectivity index (χ0) is 21.5. The van der Waals surface area contributed by atoms with Crippen LogP contribution in [0, 0.1) is 10.1 Å². The molecule has 0 bridgehead atoms. The van der Waals surface area contributed by atoms with Gasteiger partial charge >= 0.3 is 5.88 Å². The van der Waals surface area contributed by atoms with Crippen molar-refractivity contribution in [2.75, 3.05) is 0 Å². The van der Waals surface area contributed by atoms with E-state index in [-0.39, 0.29) is 11.8 Å². The molecule has 0 aliphatic heterocycles. The monoisotopic (exact) mass is 411 g/mol. The highest BCUT2D eigenvalue weighted by atomic mass is 16.6. The van der Waals surface area contributed by atoms with E-state index in [1.165, 1.54) is 28.0 Å². The lowest BCUT2D eigenvalue weighted by Gasteiger charge is -2.12.